The first-order valence-electron chi connectivity index (χ1n) is 7.52. The van der Waals surface area contributed by atoms with E-state index in [0.717, 1.165) is 17.6 Å². The fraction of sp³-hybridized carbons (Fsp3) is 0.625. The zero-order valence-corrected chi connectivity index (χ0v) is 12.3. The second-order valence-corrected chi connectivity index (χ2v) is 6.34. The van der Waals surface area contributed by atoms with Gasteiger partial charge in [0.2, 0.25) is 0 Å². The van der Waals surface area contributed by atoms with E-state index in [1.165, 1.54) is 57.4 Å². The summed E-state index contributed by atoms with van der Waals surface area (Å²) >= 11 is 5.93. The maximum absolute atomic E-state index is 5.93. The molecule has 0 N–H and O–H groups in total. The lowest BCUT2D eigenvalue weighted by Crippen LogP contribution is -2.40. The lowest BCUT2D eigenvalue weighted by atomic mass is 10.1. The number of hydrogen-bond donors (Lipinski definition) is 0. The quantitative estimate of drug-likeness (QED) is 0.836. The van der Waals surface area contributed by atoms with Crippen LogP contribution >= 0.6 is 11.6 Å². The van der Waals surface area contributed by atoms with E-state index in [9.17, 15) is 0 Å². The summed E-state index contributed by atoms with van der Waals surface area (Å²) in [5.41, 5.74) is 1.38. The monoisotopic (exact) mass is 278 g/mol. The molecule has 2 heterocycles. The Morgan fingerprint density at radius 1 is 1.00 bits per heavy atom. The maximum Gasteiger partial charge on any atom is 0.0406 e. The third kappa shape index (κ3) is 3.50. The minimum atomic E-state index is 0.799. The average Bonchev–Trinajstić information content (AvgIpc) is 2.91. The summed E-state index contributed by atoms with van der Waals surface area (Å²) in [4.78, 5) is 5.30. The van der Waals surface area contributed by atoms with Crippen molar-refractivity contribution in [2.45, 2.75) is 38.3 Å². The molecule has 0 saturated carbocycles. The minimum Gasteiger partial charge on any atom is -0.299 e. The van der Waals surface area contributed by atoms with Crippen LogP contribution in [0, 0.1) is 0 Å². The van der Waals surface area contributed by atoms with E-state index < -0.39 is 0 Å². The first-order chi connectivity index (χ1) is 9.31. The molecule has 1 atom stereocenters. The molecule has 0 bridgehead atoms. The van der Waals surface area contributed by atoms with E-state index in [0.29, 0.717) is 0 Å². The first kappa shape index (κ1) is 13.4. The molecule has 0 aromatic heterocycles. The zero-order valence-electron chi connectivity index (χ0n) is 11.5. The van der Waals surface area contributed by atoms with E-state index in [4.69, 9.17) is 11.6 Å². The van der Waals surface area contributed by atoms with Crippen molar-refractivity contribution in [1.29, 1.82) is 0 Å². The first-order valence-corrected chi connectivity index (χ1v) is 7.90. The Morgan fingerprint density at radius 3 is 2.47 bits per heavy atom. The minimum absolute atomic E-state index is 0.799. The molecule has 104 valence electrons. The van der Waals surface area contributed by atoms with Gasteiger partial charge in [0.25, 0.3) is 0 Å². The molecule has 3 heteroatoms. The van der Waals surface area contributed by atoms with Crippen molar-refractivity contribution in [3.8, 4) is 0 Å². The highest BCUT2D eigenvalue weighted by molar-refractivity contribution is 6.30. The van der Waals surface area contributed by atoms with Crippen molar-refractivity contribution in [2.75, 3.05) is 26.2 Å². The van der Waals surface area contributed by atoms with Crippen LogP contribution in [0.3, 0.4) is 0 Å². The van der Waals surface area contributed by atoms with Gasteiger partial charge < -0.3 is 0 Å². The fourth-order valence-electron chi connectivity index (χ4n) is 3.39. The van der Waals surface area contributed by atoms with Crippen LogP contribution in [0.1, 0.15) is 31.2 Å². The van der Waals surface area contributed by atoms with Gasteiger partial charge in [0, 0.05) is 30.7 Å². The second kappa shape index (κ2) is 6.25. The third-order valence-corrected chi connectivity index (χ3v) is 4.73. The SMILES string of the molecule is Clc1ccc(CN2CC[C@H](N3CCCCC3)C2)cc1. The van der Waals surface area contributed by atoms with Crippen LogP contribution in [0.15, 0.2) is 24.3 Å². The van der Waals surface area contributed by atoms with Crippen molar-refractivity contribution in [3.63, 3.8) is 0 Å². The molecule has 2 saturated heterocycles. The molecule has 2 fully saturated rings. The van der Waals surface area contributed by atoms with Gasteiger partial charge in [0.05, 0.1) is 0 Å². The summed E-state index contributed by atoms with van der Waals surface area (Å²) in [5, 5.41) is 0.830. The van der Waals surface area contributed by atoms with Crippen LogP contribution in [0.2, 0.25) is 5.02 Å². The van der Waals surface area contributed by atoms with Crippen LogP contribution in [0.5, 0.6) is 0 Å². The van der Waals surface area contributed by atoms with Crippen LogP contribution in [-0.2, 0) is 6.54 Å². The highest BCUT2D eigenvalue weighted by Crippen LogP contribution is 2.22. The predicted molar refractivity (Wildman–Crippen MR) is 80.6 cm³/mol. The molecule has 2 aliphatic rings. The summed E-state index contributed by atoms with van der Waals surface area (Å²) in [5.74, 6) is 0. The number of piperidine rings is 1. The second-order valence-electron chi connectivity index (χ2n) is 5.90. The normalized spacial score (nSPS) is 25.8. The number of rotatable bonds is 3. The van der Waals surface area contributed by atoms with Gasteiger partial charge in [-0.15, -0.1) is 0 Å². The molecular formula is C16H23ClN2. The number of likely N-dealkylation sites (tertiary alicyclic amines) is 2. The van der Waals surface area contributed by atoms with Crippen LogP contribution in [0.4, 0.5) is 0 Å². The van der Waals surface area contributed by atoms with E-state index in [1.807, 2.05) is 12.1 Å². The molecule has 1 aromatic rings. The maximum atomic E-state index is 5.93. The van der Waals surface area contributed by atoms with Gasteiger partial charge in [-0.25, -0.2) is 0 Å². The Bertz CT molecular complexity index is 398. The highest BCUT2D eigenvalue weighted by Gasteiger charge is 2.28. The van der Waals surface area contributed by atoms with Gasteiger partial charge in [0.15, 0.2) is 0 Å². The molecule has 1 aromatic carbocycles. The van der Waals surface area contributed by atoms with Gasteiger partial charge in [-0.2, -0.15) is 0 Å². The third-order valence-electron chi connectivity index (χ3n) is 4.47. The number of hydrogen-bond acceptors (Lipinski definition) is 2. The van der Waals surface area contributed by atoms with Crippen LogP contribution in [-0.4, -0.2) is 42.0 Å². The van der Waals surface area contributed by atoms with E-state index in [1.54, 1.807) is 0 Å². The smallest absolute Gasteiger partial charge is 0.0406 e. The van der Waals surface area contributed by atoms with Gasteiger partial charge >= 0.3 is 0 Å². The van der Waals surface area contributed by atoms with Crippen molar-refractivity contribution < 1.29 is 0 Å². The van der Waals surface area contributed by atoms with E-state index in [-0.39, 0.29) is 0 Å². The largest absolute Gasteiger partial charge is 0.299 e. The zero-order chi connectivity index (χ0) is 13.1. The lowest BCUT2D eigenvalue weighted by Gasteiger charge is -2.32. The van der Waals surface area contributed by atoms with Crippen molar-refractivity contribution in [1.82, 2.24) is 9.80 Å². The summed E-state index contributed by atoms with van der Waals surface area (Å²) < 4.78 is 0. The highest BCUT2D eigenvalue weighted by atomic mass is 35.5. The Hall–Kier alpha value is -0.570. The topological polar surface area (TPSA) is 6.48 Å². The summed E-state index contributed by atoms with van der Waals surface area (Å²) in [6.07, 6.45) is 5.56. The fourth-order valence-corrected chi connectivity index (χ4v) is 3.51. The van der Waals surface area contributed by atoms with Crippen molar-refractivity contribution in [2.24, 2.45) is 0 Å². The number of halogens is 1. The van der Waals surface area contributed by atoms with Crippen LogP contribution < -0.4 is 0 Å². The molecule has 3 rings (SSSR count). The molecule has 0 amide bonds. The van der Waals surface area contributed by atoms with E-state index in [2.05, 4.69) is 21.9 Å². The summed E-state index contributed by atoms with van der Waals surface area (Å²) in [6.45, 7) is 6.19. The average molecular weight is 279 g/mol. The van der Waals surface area contributed by atoms with Gasteiger partial charge in [-0.3, -0.25) is 9.80 Å². The van der Waals surface area contributed by atoms with E-state index >= 15 is 0 Å². The van der Waals surface area contributed by atoms with Gasteiger partial charge in [-0.1, -0.05) is 30.2 Å². The molecule has 0 unspecified atom stereocenters. The molecule has 0 radical (unpaired) electrons. The Labute approximate surface area is 121 Å². The van der Waals surface area contributed by atoms with Crippen molar-refractivity contribution >= 4 is 11.6 Å². The number of nitrogens with zero attached hydrogens (tertiary/aromatic N) is 2. The Kier molecular flexibility index (Phi) is 4.42. The van der Waals surface area contributed by atoms with Gasteiger partial charge in [0.1, 0.15) is 0 Å². The molecule has 0 spiro atoms. The van der Waals surface area contributed by atoms with Crippen LogP contribution in [0.25, 0.3) is 0 Å². The van der Waals surface area contributed by atoms with Gasteiger partial charge in [-0.05, 0) is 50.0 Å². The molecule has 19 heavy (non-hydrogen) atoms. The summed E-state index contributed by atoms with van der Waals surface area (Å²) in [7, 11) is 0. The molecule has 0 aliphatic carbocycles. The standard InChI is InChI=1S/C16H23ClN2/c17-15-6-4-14(5-7-15)12-18-11-8-16(13-18)19-9-2-1-3-10-19/h4-7,16H,1-3,8-13H2/t16-/m0/s1. The van der Waals surface area contributed by atoms with Crippen molar-refractivity contribution in [3.05, 3.63) is 34.9 Å². The summed E-state index contributed by atoms with van der Waals surface area (Å²) in [6, 6.07) is 9.09. The molecular weight excluding hydrogens is 256 g/mol. The predicted octanol–water partition coefficient (Wildman–Crippen LogP) is 3.40. The Morgan fingerprint density at radius 2 is 1.74 bits per heavy atom. The number of benzene rings is 1. The Balaban J connectivity index is 1.52. The molecule has 2 aliphatic heterocycles. The molecule has 2 nitrogen and oxygen atoms in total. The lowest BCUT2D eigenvalue weighted by molar-refractivity contribution is 0.161.